The number of aromatic amines is 1. The highest BCUT2D eigenvalue weighted by Crippen LogP contribution is 2.45. The summed E-state index contributed by atoms with van der Waals surface area (Å²) in [7, 11) is 0. The van der Waals surface area contributed by atoms with Crippen LogP contribution in [0.4, 0.5) is 0 Å². The molecule has 11 aromatic rings. The fourth-order valence-corrected chi connectivity index (χ4v) is 10.9. The number of rotatable bonds is 6. The van der Waals surface area contributed by atoms with Crippen LogP contribution in [0.3, 0.4) is 0 Å². The summed E-state index contributed by atoms with van der Waals surface area (Å²) < 4.78 is 4.93. The molecule has 0 aliphatic heterocycles. The Balaban J connectivity index is 1.00. The van der Waals surface area contributed by atoms with E-state index in [-0.39, 0.29) is 0 Å². The third-order valence-corrected chi connectivity index (χ3v) is 14.3. The van der Waals surface area contributed by atoms with E-state index in [0.717, 1.165) is 24.9 Å². The second-order valence-electron chi connectivity index (χ2n) is 18.1. The first-order valence-corrected chi connectivity index (χ1v) is 22.9. The van der Waals surface area contributed by atoms with Crippen LogP contribution in [-0.2, 0) is 12.8 Å². The van der Waals surface area contributed by atoms with Gasteiger partial charge in [-0.2, -0.15) is 0 Å². The molecule has 65 heavy (non-hydrogen) atoms. The lowest BCUT2D eigenvalue weighted by molar-refractivity contribution is 0.854. The molecule has 0 saturated carbocycles. The van der Waals surface area contributed by atoms with Gasteiger partial charge in [0.05, 0.1) is 39.6 Å². The number of benzene rings is 7. The minimum Gasteiger partial charge on any atom is -0.366 e. The smallest absolute Gasteiger partial charge is 0.0674 e. The van der Waals surface area contributed by atoms with Crippen molar-refractivity contribution >= 4 is 43.6 Å². The number of hydrogen-bond acceptors (Lipinski definition) is 1. The first-order valence-electron chi connectivity index (χ1n) is 22.9. The van der Waals surface area contributed by atoms with Crippen molar-refractivity contribution < 1.29 is 0 Å². The summed E-state index contributed by atoms with van der Waals surface area (Å²) in [6.45, 7) is 4.39. The van der Waals surface area contributed by atoms with Crippen molar-refractivity contribution in [3.63, 3.8) is 0 Å². The Morgan fingerprint density at radius 2 is 1.09 bits per heavy atom. The molecule has 0 amide bonds. The van der Waals surface area contributed by atoms with Gasteiger partial charge in [-0.25, -0.2) is 0 Å². The molecule has 4 nitrogen and oxygen atoms in total. The number of hydrogen-bond donors (Lipinski definition) is 1. The zero-order chi connectivity index (χ0) is 43.2. The van der Waals surface area contributed by atoms with E-state index in [9.17, 15) is 0 Å². The van der Waals surface area contributed by atoms with E-state index in [1.54, 1.807) is 0 Å². The lowest BCUT2D eigenvalue weighted by atomic mass is 9.84. The number of allylic oxidation sites excluding steroid dienone is 4. The molecule has 2 aliphatic rings. The Bertz CT molecular complexity index is 3780. The van der Waals surface area contributed by atoms with Crippen LogP contribution >= 0.6 is 0 Å². The van der Waals surface area contributed by atoms with Crippen LogP contribution in [-0.4, -0.2) is 19.1 Å². The summed E-state index contributed by atoms with van der Waals surface area (Å²) in [4.78, 5) is 8.07. The molecule has 310 valence electrons. The molecular weight excluding hydrogens is 789 g/mol. The Hall–Kier alpha value is -7.95. The number of nitrogens with one attached hydrogen (secondary N) is 1. The van der Waals surface area contributed by atoms with Crippen molar-refractivity contribution in [2.75, 3.05) is 0 Å². The average Bonchev–Trinajstić information content (AvgIpc) is 4.03. The van der Waals surface area contributed by atoms with Crippen molar-refractivity contribution in [3.8, 4) is 55.9 Å². The second kappa shape index (κ2) is 14.8. The maximum absolute atomic E-state index is 4.66. The van der Waals surface area contributed by atoms with Gasteiger partial charge < -0.3 is 14.1 Å². The highest BCUT2D eigenvalue weighted by atomic mass is 15.0. The highest BCUT2D eigenvalue weighted by Gasteiger charge is 2.25. The van der Waals surface area contributed by atoms with Gasteiger partial charge in [0, 0.05) is 46.1 Å². The maximum atomic E-state index is 4.66. The number of pyridine rings is 1. The third kappa shape index (κ3) is 6.08. The quantitative estimate of drug-likeness (QED) is 0.178. The fraction of sp³-hybridized carbons (Fsp3) is 0.0984. The van der Waals surface area contributed by atoms with Gasteiger partial charge in [0.25, 0.3) is 0 Å². The SMILES string of the molecule is Cc1ccncc1-n1c2ccc(-c3cccc(C4C=CC=CC4)c3)cc2c2cc3c(cc21)-c1cc2c(cc1CC3)c1cc(-c3cccc(-c4ccccc4)c3)ccc1n2-c1c[nH]cc1C. The molecule has 1 N–H and O–H groups in total. The van der Waals surface area contributed by atoms with Crippen LogP contribution in [0.15, 0.2) is 195 Å². The fourth-order valence-electron chi connectivity index (χ4n) is 10.9. The molecule has 4 aromatic heterocycles. The van der Waals surface area contributed by atoms with E-state index in [1.807, 2.05) is 12.4 Å². The zero-order valence-electron chi connectivity index (χ0n) is 36.5. The second-order valence-corrected chi connectivity index (χ2v) is 18.1. The minimum atomic E-state index is 0.406. The molecule has 1 atom stereocenters. The summed E-state index contributed by atoms with van der Waals surface area (Å²) >= 11 is 0. The van der Waals surface area contributed by atoms with Gasteiger partial charge in [-0.15, -0.1) is 0 Å². The van der Waals surface area contributed by atoms with Crippen molar-refractivity contribution in [3.05, 3.63) is 223 Å². The molecule has 4 heteroatoms. The number of fused-ring (bicyclic) bond motifs is 9. The Morgan fingerprint density at radius 1 is 0.492 bits per heavy atom. The topological polar surface area (TPSA) is 38.5 Å². The third-order valence-electron chi connectivity index (χ3n) is 14.3. The summed E-state index contributed by atoms with van der Waals surface area (Å²) in [6.07, 6.45) is 20.1. The molecule has 0 spiro atoms. The normalized spacial score (nSPS) is 14.5. The Kier molecular flexibility index (Phi) is 8.57. The molecule has 1 unspecified atom stereocenters. The molecule has 0 bridgehead atoms. The van der Waals surface area contributed by atoms with Gasteiger partial charge in [-0.1, -0.05) is 109 Å². The van der Waals surface area contributed by atoms with Gasteiger partial charge in [-0.3, -0.25) is 4.98 Å². The number of aromatic nitrogens is 4. The molecule has 13 rings (SSSR count). The summed E-state index contributed by atoms with van der Waals surface area (Å²) in [5.41, 5.74) is 23.7. The zero-order valence-corrected chi connectivity index (χ0v) is 36.5. The molecule has 7 aromatic carbocycles. The van der Waals surface area contributed by atoms with Crippen molar-refractivity contribution in [1.29, 1.82) is 0 Å². The van der Waals surface area contributed by atoms with Crippen LogP contribution < -0.4 is 0 Å². The molecule has 4 heterocycles. The van der Waals surface area contributed by atoms with Crippen LogP contribution in [0.1, 0.15) is 40.2 Å². The maximum Gasteiger partial charge on any atom is 0.0674 e. The van der Waals surface area contributed by atoms with Gasteiger partial charge in [-0.05, 0) is 166 Å². The summed E-state index contributed by atoms with van der Waals surface area (Å²) in [6, 6.07) is 54.9. The average molecular weight is 835 g/mol. The molecule has 2 aliphatic carbocycles. The van der Waals surface area contributed by atoms with Crippen LogP contribution in [0.5, 0.6) is 0 Å². The van der Waals surface area contributed by atoms with Gasteiger partial charge in [0.2, 0.25) is 0 Å². The molecular formula is C61H46N4. The predicted molar refractivity (Wildman–Crippen MR) is 272 cm³/mol. The van der Waals surface area contributed by atoms with E-state index in [1.165, 1.54) is 122 Å². The van der Waals surface area contributed by atoms with Crippen molar-refractivity contribution in [1.82, 2.24) is 19.1 Å². The van der Waals surface area contributed by atoms with Crippen LogP contribution in [0, 0.1) is 13.8 Å². The first-order chi connectivity index (χ1) is 32.0. The van der Waals surface area contributed by atoms with Crippen molar-refractivity contribution in [2.24, 2.45) is 0 Å². The molecule has 0 fully saturated rings. The Morgan fingerprint density at radius 3 is 1.72 bits per heavy atom. The largest absolute Gasteiger partial charge is 0.366 e. The lowest BCUT2D eigenvalue weighted by Gasteiger charge is -2.22. The van der Waals surface area contributed by atoms with Gasteiger partial charge >= 0.3 is 0 Å². The molecule has 0 saturated heterocycles. The lowest BCUT2D eigenvalue weighted by Crippen LogP contribution is -2.05. The first kappa shape index (κ1) is 37.6. The van der Waals surface area contributed by atoms with E-state index in [2.05, 4.69) is 215 Å². The molecule has 0 radical (unpaired) electrons. The summed E-state index contributed by atoms with van der Waals surface area (Å²) in [5.74, 6) is 0.406. The predicted octanol–water partition coefficient (Wildman–Crippen LogP) is 15.6. The summed E-state index contributed by atoms with van der Waals surface area (Å²) in [5, 5.41) is 5.11. The van der Waals surface area contributed by atoms with Crippen LogP contribution in [0.2, 0.25) is 0 Å². The van der Waals surface area contributed by atoms with Gasteiger partial charge in [0.1, 0.15) is 0 Å². The van der Waals surface area contributed by atoms with E-state index >= 15 is 0 Å². The monoisotopic (exact) mass is 834 g/mol. The van der Waals surface area contributed by atoms with Gasteiger partial charge in [0.15, 0.2) is 0 Å². The number of aryl methyl sites for hydroxylation is 4. The van der Waals surface area contributed by atoms with E-state index < -0.39 is 0 Å². The van der Waals surface area contributed by atoms with E-state index in [0.29, 0.717) is 5.92 Å². The van der Waals surface area contributed by atoms with Crippen molar-refractivity contribution in [2.45, 2.75) is 39.0 Å². The van der Waals surface area contributed by atoms with E-state index in [4.69, 9.17) is 0 Å². The number of H-pyrrole nitrogens is 1. The minimum absolute atomic E-state index is 0.406. The standard InChI is InChI=1S/C61H46N4/c1-38-25-26-62-36-60(38)64-56-23-21-46(44-17-9-15-42(27-44)40-11-5-3-6-12-40)29-52(56)54-31-48-19-20-49-32-55-53-30-47(45-18-10-16-43(28-45)41-13-7-4-8-14-41)22-24-57(53)65(61-37-63-35-39(61)2)59(55)34-51(49)50(48)33-58(54)64/h3-11,13-18,21-37,40,63H,12,19-20H2,1-2H3. The van der Waals surface area contributed by atoms with Crippen LogP contribution in [0.25, 0.3) is 99.5 Å². The highest BCUT2D eigenvalue weighted by molar-refractivity contribution is 6.14. The number of nitrogens with zero attached hydrogens (tertiary/aromatic N) is 3. The Labute approximate surface area is 378 Å².